The Hall–Kier alpha value is -6.16. The van der Waals surface area contributed by atoms with Crippen molar-refractivity contribution in [2.24, 2.45) is 11.8 Å². The maximum absolute atomic E-state index is 14.5. The number of benzene rings is 3. The molecule has 16 heteroatoms. The number of carbonyl (C=O) groups is 4. The fraction of sp³-hybridized carbons (Fsp3) is 0.529. The number of carbonyl (C=O) groups excluding carboxylic acids is 4. The third-order valence-electron chi connectivity index (χ3n) is 14.5. The smallest absolute Gasteiger partial charge is 0.407 e. The average molecular weight is 917 g/mol. The molecule has 1 aliphatic carbocycles. The third-order valence-corrected chi connectivity index (χ3v) is 14.5. The summed E-state index contributed by atoms with van der Waals surface area (Å²) in [5.74, 6) is 2.24. The van der Waals surface area contributed by atoms with Crippen molar-refractivity contribution < 1.29 is 38.1 Å². The second kappa shape index (κ2) is 19.6. The molecule has 4 amide bonds. The van der Waals surface area contributed by atoms with Gasteiger partial charge in [0.2, 0.25) is 11.8 Å². The predicted octanol–water partition coefficient (Wildman–Crippen LogP) is 8.86. The Morgan fingerprint density at radius 1 is 0.866 bits per heavy atom. The van der Waals surface area contributed by atoms with Crippen molar-refractivity contribution in [1.82, 2.24) is 40.4 Å². The number of nitrogens with zero attached hydrogens (tertiary/aromatic N) is 4. The Labute approximate surface area is 391 Å². The van der Waals surface area contributed by atoms with Gasteiger partial charge in [-0.05, 0) is 116 Å². The molecule has 0 unspecified atom stereocenters. The van der Waals surface area contributed by atoms with E-state index in [9.17, 15) is 19.2 Å². The van der Waals surface area contributed by atoms with E-state index >= 15 is 0 Å². The molecule has 3 aliphatic heterocycles. The molecule has 5 heterocycles. The number of H-pyrrole nitrogens is 2. The van der Waals surface area contributed by atoms with Crippen molar-refractivity contribution in [3.8, 4) is 28.1 Å². The van der Waals surface area contributed by atoms with E-state index < -0.39 is 24.3 Å². The molecule has 7 atom stereocenters. The summed E-state index contributed by atoms with van der Waals surface area (Å²) in [6, 6.07) is 12.9. The van der Waals surface area contributed by atoms with Gasteiger partial charge in [0.15, 0.2) is 0 Å². The Kier molecular flexibility index (Phi) is 13.4. The maximum atomic E-state index is 14.5. The number of hydrogen-bond acceptors (Lipinski definition) is 10. The van der Waals surface area contributed by atoms with E-state index in [-0.39, 0.29) is 41.9 Å². The molecule has 3 fully saturated rings. The summed E-state index contributed by atoms with van der Waals surface area (Å²) in [6.07, 6.45) is 8.85. The number of alkyl carbamates (subject to hydrolysis) is 2. The van der Waals surface area contributed by atoms with Crippen LogP contribution in [0.15, 0.2) is 48.7 Å². The minimum Gasteiger partial charge on any atom is -0.488 e. The fourth-order valence-corrected chi connectivity index (χ4v) is 11.2. The molecule has 356 valence electrons. The molecule has 4 N–H and O–H groups in total. The number of amides is 4. The van der Waals surface area contributed by atoms with E-state index in [1.807, 2.05) is 29.8 Å². The number of ether oxygens (including phenoxy) is 4. The lowest BCUT2D eigenvalue weighted by Crippen LogP contribution is -2.53. The van der Waals surface area contributed by atoms with Crippen molar-refractivity contribution in [2.75, 3.05) is 27.4 Å². The van der Waals surface area contributed by atoms with Gasteiger partial charge in [0.25, 0.3) is 0 Å². The van der Waals surface area contributed by atoms with Gasteiger partial charge in [-0.3, -0.25) is 9.59 Å². The van der Waals surface area contributed by atoms with Crippen LogP contribution in [-0.2, 0) is 30.4 Å². The summed E-state index contributed by atoms with van der Waals surface area (Å²) >= 11 is 0. The van der Waals surface area contributed by atoms with E-state index in [0.29, 0.717) is 38.6 Å². The number of hydrogen-bond donors (Lipinski definition) is 4. The first-order valence-corrected chi connectivity index (χ1v) is 24.2. The Morgan fingerprint density at radius 2 is 1.69 bits per heavy atom. The highest BCUT2D eigenvalue weighted by Crippen LogP contribution is 2.49. The minimum absolute atomic E-state index is 0.0328. The van der Waals surface area contributed by atoms with Gasteiger partial charge in [-0.2, -0.15) is 0 Å². The number of methoxy groups -OCH3 is 2. The van der Waals surface area contributed by atoms with Crippen LogP contribution in [0.3, 0.4) is 0 Å². The molecule has 0 spiro atoms. The molecule has 3 aromatic carbocycles. The summed E-state index contributed by atoms with van der Waals surface area (Å²) in [5, 5.41) is 7.57. The molecule has 0 bridgehead atoms. The predicted molar refractivity (Wildman–Crippen MR) is 253 cm³/mol. The standard InChI is InChI=1S/C51H64N8O8/c1-7-20-66-21-10-12-38(55-50(62)64-5)48(60)59-40-13-9-11-31(40)24-42(59)47-53-37-18-15-29-23-36-34-17-14-30(22-32(34)27-67-43(36)25-35(29)45(37)56-47)39-26-52-46(54-39)41-19-16-33(8-2)58(41)49(61)44(28(3)4)57-51(63)65-6/h14-15,17-18,22-23,25-26,28,31,33,38,40-42,44H,7-13,16,19-21,24,27H2,1-6H3,(H,52,54)(H,53,56)(H,55,62)(H,57,63)/t31-,33-,38-,40-,41-,42-,44-/m0/s1. The van der Waals surface area contributed by atoms with Crippen LogP contribution in [0.4, 0.5) is 9.59 Å². The zero-order valence-electron chi connectivity index (χ0n) is 39.5. The lowest BCUT2D eigenvalue weighted by atomic mass is 9.92. The van der Waals surface area contributed by atoms with Crippen LogP contribution in [-0.4, -0.2) is 105 Å². The van der Waals surface area contributed by atoms with Crippen molar-refractivity contribution in [2.45, 2.75) is 135 Å². The molecule has 4 aliphatic rings. The van der Waals surface area contributed by atoms with Crippen LogP contribution in [0.25, 0.3) is 44.2 Å². The van der Waals surface area contributed by atoms with Crippen LogP contribution in [0.2, 0.25) is 0 Å². The van der Waals surface area contributed by atoms with Gasteiger partial charge >= 0.3 is 12.2 Å². The Balaban J connectivity index is 0.963. The number of likely N-dealkylation sites (tertiary alicyclic amines) is 2. The van der Waals surface area contributed by atoms with Crippen molar-refractivity contribution in [3.63, 3.8) is 0 Å². The van der Waals surface area contributed by atoms with Crippen LogP contribution in [0.1, 0.15) is 121 Å². The molecular weight excluding hydrogens is 853 g/mol. The van der Waals surface area contributed by atoms with E-state index in [4.69, 9.17) is 28.9 Å². The van der Waals surface area contributed by atoms with Crippen LogP contribution in [0.5, 0.6) is 5.75 Å². The summed E-state index contributed by atoms with van der Waals surface area (Å²) in [5.41, 5.74) is 6.65. The van der Waals surface area contributed by atoms with Crippen molar-refractivity contribution in [3.05, 3.63) is 65.9 Å². The quantitative estimate of drug-likeness (QED) is 0.0738. The zero-order valence-corrected chi connectivity index (χ0v) is 39.5. The highest BCUT2D eigenvalue weighted by atomic mass is 16.5. The number of rotatable bonds is 15. The molecule has 67 heavy (non-hydrogen) atoms. The molecule has 16 nitrogen and oxygen atoms in total. The van der Waals surface area contributed by atoms with Gasteiger partial charge in [-0.1, -0.05) is 52.3 Å². The monoisotopic (exact) mass is 916 g/mol. The number of fused-ring (bicyclic) bond motifs is 7. The molecule has 2 saturated heterocycles. The SMILES string of the molecule is CCCOCCC[C@H](NC(=O)OC)C(=O)N1[C@H](c2nc3c(ccc4cc5c(cc43)OCc3cc(-c4cnc([C@@H]6CC[C@H](CC)N6C(=O)[C@@H](NC(=O)OC)C(C)C)[nH]4)ccc3-5)[nH]2)C[C@@H]2CCC[C@@H]21. The normalized spacial score (nSPS) is 21.7. The lowest BCUT2D eigenvalue weighted by Gasteiger charge is -2.34. The highest BCUT2D eigenvalue weighted by Gasteiger charge is 2.49. The maximum Gasteiger partial charge on any atom is 0.407 e. The molecule has 2 aromatic heterocycles. The van der Waals surface area contributed by atoms with E-state index in [1.54, 1.807) is 0 Å². The summed E-state index contributed by atoms with van der Waals surface area (Å²) in [7, 11) is 2.62. The third kappa shape index (κ3) is 8.92. The van der Waals surface area contributed by atoms with Gasteiger partial charge in [-0.15, -0.1) is 0 Å². The molecular formula is C51H64N8O8. The van der Waals surface area contributed by atoms with Gasteiger partial charge in [0, 0.05) is 36.2 Å². The second-order valence-corrected chi connectivity index (χ2v) is 19.0. The number of aromatic amines is 2. The molecule has 9 rings (SSSR count). The van der Waals surface area contributed by atoms with E-state index in [0.717, 1.165) is 119 Å². The summed E-state index contributed by atoms with van der Waals surface area (Å²) < 4.78 is 22.0. The van der Waals surface area contributed by atoms with Gasteiger partial charge in [0.1, 0.15) is 36.1 Å². The topological polar surface area (TPSA) is 193 Å². The summed E-state index contributed by atoms with van der Waals surface area (Å²) in [6.45, 7) is 9.54. The van der Waals surface area contributed by atoms with Gasteiger partial charge < -0.3 is 49.3 Å². The first kappa shape index (κ1) is 46.0. The van der Waals surface area contributed by atoms with E-state index in [2.05, 4.69) is 76.9 Å². The average Bonchev–Trinajstić information content (AvgIpc) is 4.20. The number of imidazole rings is 2. The zero-order chi connectivity index (χ0) is 46.9. The van der Waals surface area contributed by atoms with Crippen LogP contribution in [0, 0.1) is 11.8 Å². The van der Waals surface area contributed by atoms with Crippen LogP contribution >= 0.6 is 0 Å². The Morgan fingerprint density at radius 3 is 2.46 bits per heavy atom. The van der Waals surface area contributed by atoms with Crippen molar-refractivity contribution >= 4 is 45.8 Å². The van der Waals surface area contributed by atoms with Crippen LogP contribution < -0.4 is 15.4 Å². The van der Waals surface area contributed by atoms with Gasteiger partial charge in [-0.25, -0.2) is 19.6 Å². The highest BCUT2D eigenvalue weighted by molar-refractivity contribution is 6.07. The second-order valence-electron chi connectivity index (χ2n) is 19.0. The first-order valence-electron chi connectivity index (χ1n) is 24.2. The number of nitrogens with one attached hydrogen (secondary N) is 4. The molecule has 5 aromatic rings. The van der Waals surface area contributed by atoms with Crippen molar-refractivity contribution in [1.29, 1.82) is 0 Å². The first-order chi connectivity index (χ1) is 32.5. The molecule has 1 saturated carbocycles. The minimum atomic E-state index is -0.736. The van der Waals surface area contributed by atoms with Gasteiger partial charge in [0.05, 0.1) is 49.2 Å². The molecule has 0 radical (unpaired) electrons. The fourth-order valence-electron chi connectivity index (χ4n) is 11.2. The lowest BCUT2D eigenvalue weighted by molar-refractivity contribution is -0.138. The van der Waals surface area contributed by atoms with E-state index in [1.165, 1.54) is 14.2 Å². The number of aromatic nitrogens is 4. The largest absolute Gasteiger partial charge is 0.488 e. The summed E-state index contributed by atoms with van der Waals surface area (Å²) in [4.78, 5) is 74.4. The Bertz CT molecular complexity index is 2640.